The van der Waals surface area contributed by atoms with Gasteiger partial charge in [-0.15, -0.1) is 0 Å². The average Bonchev–Trinajstić information content (AvgIpc) is 2.60. The minimum absolute atomic E-state index is 0.915. The number of benzene rings is 1. The van der Waals surface area contributed by atoms with Gasteiger partial charge in [-0.3, -0.25) is 0 Å². The molecule has 1 heterocycles. The van der Waals surface area contributed by atoms with Gasteiger partial charge >= 0.3 is 0 Å². The summed E-state index contributed by atoms with van der Waals surface area (Å²) < 4.78 is 0. The van der Waals surface area contributed by atoms with Crippen molar-refractivity contribution in [3.63, 3.8) is 0 Å². The van der Waals surface area contributed by atoms with Crippen molar-refractivity contribution in [2.24, 2.45) is 4.99 Å². The van der Waals surface area contributed by atoms with Crippen molar-refractivity contribution < 1.29 is 0 Å². The molecule has 0 spiro atoms. The number of allylic oxidation sites excluding steroid dienone is 1. The molecule has 1 aliphatic rings. The maximum Gasteiger partial charge on any atom is 0.109 e. The summed E-state index contributed by atoms with van der Waals surface area (Å²) in [7, 11) is 1.99. The quantitative estimate of drug-likeness (QED) is 0.897. The van der Waals surface area contributed by atoms with Gasteiger partial charge in [0.05, 0.1) is 5.69 Å². The lowest BCUT2D eigenvalue weighted by molar-refractivity contribution is 0.432. The van der Waals surface area contributed by atoms with Crippen molar-refractivity contribution in [3.05, 3.63) is 35.9 Å². The topological polar surface area (TPSA) is 27.6 Å². The first-order valence-electron chi connectivity index (χ1n) is 6.99. The predicted molar refractivity (Wildman–Crippen MR) is 83.0 cm³/mol. The van der Waals surface area contributed by atoms with Crippen LogP contribution < -0.4 is 5.32 Å². The van der Waals surface area contributed by atoms with Crippen molar-refractivity contribution in [2.45, 2.75) is 20.3 Å². The number of fused-ring (bicyclic) bond motifs is 1. The Hall–Kier alpha value is -1.61. The Balaban J connectivity index is 2.30. The Morgan fingerprint density at radius 3 is 2.84 bits per heavy atom. The monoisotopic (exact) mass is 257 g/mol. The van der Waals surface area contributed by atoms with Crippen LogP contribution in [-0.4, -0.2) is 37.4 Å². The Bertz CT molecular complexity index is 489. The number of para-hydroxylation sites is 1. The molecule has 0 saturated heterocycles. The Labute approximate surface area is 116 Å². The molecule has 3 nitrogen and oxygen atoms in total. The highest BCUT2D eigenvalue weighted by Gasteiger charge is 2.13. The molecule has 0 aliphatic carbocycles. The Kier molecular flexibility index (Phi) is 4.74. The lowest BCUT2D eigenvalue weighted by Crippen LogP contribution is -2.35. The van der Waals surface area contributed by atoms with Gasteiger partial charge in [-0.1, -0.05) is 24.3 Å². The molecule has 0 amide bonds. The van der Waals surface area contributed by atoms with E-state index in [4.69, 9.17) is 4.99 Å². The second-order valence-electron chi connectivity index (χ2n) is 4.82. The minimum Gasteiger partial charge on any atom is -0.359 e. The van der Waals surface area contributed by atoms with Crippen LogP contribution in [0.2, 0.25) is 0 Å². The molecule has 0 aromatic heterocycles. The number of hydrogen-bond acceptors (Lipinski definition) is 3. The molecular formula is C16H23N3. The van der Waals surface area contributed by atoms with Crippen LogP contribution >= 0.6 is 0 Å². The summed E-state index contributed by atoms with van der Waals surface area (Å²) in [4.78, 5) is 7.23. The first-order valence-corrected chi connectivity index (χ1v) is 6.99. The second kappa shape index (κ2) is 6.53. The van der Waals surface area contributed by atoms with E-state index in [-0.39, 0.29) is 0 Å². The molecule has 1 N–H and O–H groups in total. The summed E-state index contributed by atoms with van der Waals surface area (Å²) in [6.07, 6.45) is 3.20. The van der Waals surface area contributed by atoms with Gasteiger partial charge in [0, 0.05) is 31.6 Å². The van der Waals surface area contributed by atoms with Gasteiger partial charge in [-0.05, 0) is 32.5 Å². The van der Waals surface area contributed by atoms with Gasteiger partial charge in [0.15, 0.2) is 0 Å². The summed E-state index contributed by atoms with van der Waals surface area (Å²) in [6.45, 7) is 7.33. The number of aliphatic imine (C=N–C) groups is 1. The third-order valence-corrected chi connectivity index (χ3v) is 3.55. The van der Waals surface area contributed by atoms with Crippen LogP contribution in [0.4, 0.5) is 5.69 Å². The summed E-state index contributed by atoms with van der Waals surface area (Å²) >= 11 is 0. The standard InChI is InChI=1S/C16H23N3/c1-4-19(12-11-17-3)16-10-9-13(2)14-7-5-6-8-15(14)18-16/h5-9,17H,4,10-12H2,1-3H3. The first-order chi connectivity index (χ1) is 9.26. The molecule has 102 valence electrons. The third-order valence-electron chi connectivity index (χ3n) is 3.55. The third kappa shape index (κ3) is 3.24. The molecule has 0 atom stereocenters. The largest absolute Gasteiger partial charge is 0.359 e. The molecule has 0 bridgehead atoms. The molecule has 1 aliphatic heterocycles. The Morgan fingerprint density at radius 2 is 2.11 bits per heavy atom. The Morgan fingerprint density at radius 1 is 1.32 bits per heavy atom. The zero-order valence-corrected chi connectivity index (χ0v) is 12.1. The van der Waals surface area contributed by atoms with E-state index in [9.17, 15) is 0 Å². The van der Waals surface area contributed by atoms with Gasteiger partial charge in [0.25, 0.3) is 0 Å². The second-order valence-corrected chi connectivity index (χ2v) is 4.82. The van der Waals surface area contributed by atoms with Crippen molar-refractivity contribution in [3.8, 4) is 0 Å². The summed E-state index contributed by atoms with van der Waals surface area (Å²) in [5.41, 5.74) is 3.66. The molecule has 0 radical (unpaired) electrons. The highest BCUT2D eigenvalue weighted by Crippen LogP contribution is 2.29. The molecule has 0 saturated carbocycles. The van der Waals surface area contributed by atoms with E-state index in [0.29, 0.717) is 0 Å². The first kappa shape index (κ1) is 13.8. The molecule has 3 heteroatoms. The van der Waals surface area contributed by atoms with Crippen LogP contribution in [0.1, 0.15) is 25.8 Å². The molecule has 1 aromatic carbocycles. The molecular weight excluding hydrogens is 234 g/mol. The van der Waals surface area contributed by atoms with Crippen LogP contribution in [0.3, 0.4) is 0 Å². The average molecular weight is 257 g/mol. The van der Waals surface area contributed by atoms with Gasteiger partial charge in [0.2, 0.25) is 0 Å². The van der Waals surface area contributed by atoms with Crippen LogP contribution in [-0.2, 0) is 0 Å². The molecule has 0 fully saturated rings. The van der Waals surface area contributed by atoms with Gasteiger partial charge in [0.1, 0.15) is 5.84 Å². The minimum atomic E-state index is 0.915. The van der Waals surface area contributed by atoms with Gasteiger partial charge in [-0.2, -0.15) is 0 Å². The molecule has 19 heavy (non-hydrogen) atoms. The molecule has 0 unspecified atom stereocenters. The fourth-order valence-corrected chi connectivity index (χ4v) is 2.36. The van der Waals surface area contributed by atoms with Crippen molar-refractivity contribution >= 4 is 17.1 Å². The number of likely N-dealkylation sites (N-methyl/N-ethyl adjacent to an activating group) is 2. The van der Waals surface area contributed by atoms with Crippen molar-refractivity contribution in [1.82, 2.24) is 10.2 Å². The van der Waals surface area contributed by atoms with E-state index in [1.54, 1.807) is 0 Å². The van der Waals surface area contributed by atoms with Crippen LogP contribution in [0.5, 0.6) is 0 Å². The predicted octanol–water partition coefficient (Wildman–Crippen LogP) is 3.06. The maximum atomic E-state index is 4.88. The van der Waals surface area contributed by atoms with E-state index in [1.165, 1.54) is 17.0 Å². The van der Waals surface area contributed by atoms with E-state index >= 15 is 0 Å². The van der Waals surface area contributed by atoms with Crippen LogP contribution in [0.25, 0.3) is 5.57 Å². The highest BCUT2D eigenvalue weighted by atomic mass is 15.2. The van der Waals surface area contributed by atoms with Crippen LogP contribution in [0.15, 0.2) is 35.3 Å². The number of rotatable bonds is 4. The summed E-state index contributed by atoms with van der Waals surface area (Å²) in [5.74, 6) is 1.17. The molecule has 2 rings (SSSR count). The van der Waals surface area contributed by atoms with E-state index < -0.39 is 0 Å². The fourth-order valence-electron chi connectivity index (χ4n) is 2.36. The lowest BCUT2D eigenvalue weighted by atomic mass is 10.1. The van der Waals surface area contributed by atoms with E-state index in [2.05, 4.69) is 54.4 Å². The maximum absolute atomic E-state index is 4.88. The van der Waals surface area contributed by atoms with Crippen molar-refractivity contribution in [2.75, 3.05) is 26.7 Å². The summed E-state index contributed by atoms with van der Waals surface area (Å²) in [5, 5.41) is 3.20. The number of hydrogen-bond donors (Lipinski definition) is 1. The zero-order valence-electron chi connectivity index (χ0n) is 12.1. The number of nitrogens with one attached hydrogen (secondary N) is 1. The number of nitrogens with zero attached hydrogens (tertiary/aromatic N) is 2. The zero-order chi connectivity index (χ0) is 13.7. The SMILES string of the molecule is CCN(CCNC)C1=Nc2ccccc2C(C)=CC1. The fraction of sp³-hybridized carbons (Fsp3) is 0.438. The van der Waals surface area contributed by atoms with Gasteiger partial charge < -0.3 is 10.2 Å². The van der Waals surface area contributed by atoms with Gasteiger partial charge in [-0.25, -0.2) is 4.99 Å². The van der Waals surface area contributed by atoms with E-state index in [0.717, 1.165) is 31.7 Å². The normalized spacial score (nSPS) is 14.3. The van der Waals surface area contributed by atoms with Crippen LogP contribution in [0, 0.1) is 0 Å². The molecule has 1 aromatic rings. The number of amidine groups is 1. The summed E-state index contributed by atoms with van der Waals surface area (Å²) in [6, 6.07) is 8.39. The van der Waals surface area contributed by atoms with E-state index in [1.807, 2.05) is 7.05 Å². The smallest absolute Gasteiger partial charge is 0.109 e. The lowest BCUT2D eigenvalue weighted by Gasteiger charge is -2.23. The van der Waals surface area contributed by atoms with Crippen molar-refractivity contribution in [1.29, 1.82) is 0 Å². The highest BCUT2D eigenvalue weighted by molar-refractivity contribution is 5.91.